The molecule has 21 heavy (non-hydrogen) atoms. The minimum absolute atomic E-state index is 0.466. The van der Waals surface area contributed by atoms with Gasteiger partial charge in [-0.2, -0.15) is 0 Å². The Labute approximate surface area is 128 Å². The Morgan fingerprint density at radius 3 is 2.90 bits per heavy atom. The molecule has 1 fully saturated rings. The molecule has 1 saturated carbocycles. The zero-order valence-corrected chi connectivity index (χ0v) is 13.2. The molecule has 112 valence electrons. The topological polar surface area (TPSA) is 56.7 Å². The second kappa shape index (κ2) is 6.03. The van der Waals surface area contributed by atoms with Crippen molar-refractivity contribution in [1.82, 2.24) is 10.6 Å². The van der Waals surface area contributed by atoms with Crippen LogP contribution < -0.4 is 10.6 Å². The summed E-state index contributed by atoms with van der Waals surface area (Å²) in [6, 6.07) is 10.8. The molecule has 1 aromatic heterocycles. The van der Waals surface area contributed by atoms with Crippen molar-refractivity contribution in [3.8, 4) is 0 Å². The molecule has 3 rings (SSSR count). The average molecular weight is 303 g/mol. The molecule has 5 heteroatoms. The van der Waals surface area contributed by atoms with E-state index in [2.05, 4.69) is 40.7 Å². The Morgan fingerprint density at radius 2 is 2.24 bits per heavy atom. The largest absolute Gasteiger partial charge is 0.386 e. The van der Waals surface area contributed by atoms with Crippen LogP contribution in [0.3, 0.4) is 0 Å². The van der Waals surface area contributed by atoms with Crippen molar-refractivity contribution in [3.63, 3.8) is 0 Å². The summed E-state index contributed by atoms with van der Waals surface area (Å²) in [5.41, 5.74) is 0. The van der Waals surface area contributed by atoms with Gasteiger partial charge in [-0.1, -0.05) is 25.1 Å². The highest BCUT2D eigenvalue weighted by Gasteiger charge is 2.33. The van der Waals surface area contributed by atoms with Crippen molar-refractivity contribution in [1.29, 1.82) is 0 Å². The molecule has 1 aromatic carbocycles. The molecule has 1 aliphatic rings. The molecule has 3 unspecified atom stereocenters. The van der Waals surface area contributed by atoms with E-state index in [9.17, 15) is 5.11 Å². The maximum absolute atomic E-state index is 10.3. The van der Waals surface area contributed by atoms with E-state index in [1.54, 1.807) is 18.4 Å². The van der Waals surface area contributed by atoms with Crippen LogP contribution in [0.2, 0.25) is 0 Å². The van der Waals surface area contributed by atoms with Gasteiger partial charge in [-0.15, -0.1) is 11.3 Å². The SMILES string of the molecule is CN=C(NCC(O)c1cc2ccccc2s1)NC1CC1C. The van der Waals surface area contributed by atoms with Crippen LogP contribution in [0, 0.1) is 5.92 Å². The number of hydrogen-bond donors (Lipinski definition) is 3. The van der Waals surface area contributed by atoms with E-state index < -0.39 is 6.10 Å². The van der Waals surface area contributed by atoms with E-state index in [0.29, 0.717) is 12.6 Å². The Kier molecular flexibility index (Phi) is 4.12. The minimum Gasteiger partial charge on any atom is -0.386 e. The summed E-state index contributed by atoms with van der Waals surface area (Å²) in [4.78, 5) is 5.18. The predicted molar refractivity (Wildman–Crippen MR) is 88.9 cm³/mol. The third-order valence-corrected chi connectivity index (χ3v) is 5.11. The van der Waals surface area contributed by atoms with E-state index in [-0.39, 0.29) is 0 Å². The van der Waals surface area contributed by atoms with Gasteiger partial charge in [0.25, 0.3) is 0 Å². The lowest BCUT2D eigenvalue weighted by Gasteiger charge is -2.14. The molecule has 1 heterocycles. The van der Waals surface area contributed by atoms with Crippen LogP contribution in [0.1, 0.15) is 24.3 Å². The lowest BCUT2D eigenvalue weighted by molar-refractivity contribution is 0.184. The maximum atomic E-state index is 10.3. The number of nitrogens with zero attached hydrogens (tertiary/aromatic N) is 1. The highest BCUT2D eigenvalue weighted by molar-refractivity contribution is 7.19. The highest BCUT2D eigenvalue weighted by atomic mass is 32.1. The molecule has 0 saturated heterocycles. The van der Waals surface area contributed by atoms with E-state index >= 15 is 0 Å². The van der Waals surface area contributed by atoms with Gasteiger partial charge in [-0.3, -0.25) is 4.99 Å². The first-order valence-corrected chi connectivity index (χ1v) is 8.12. The second-order valence-electron chi connectivity index (χ2n) is 5.62. The van der Waals surface area contributed by atoms with Gasteiger partial charge in [0, 0.05) is 29.2 Å². The fourth-order valence-corrected chi connectivity index (χ4v) is 3.40. The predicted octanol–water partition coefficient (Wildman–Crippen LogP) is 2.51. The second-order valence-corrected chi connectivity index (χ2v) is 6.73. The molecular formula is C16H21N3OS. The van der Waals surface area contributed by atoms with Crippen LogP contribution in [-0.2, 0) is 0 Å². The Hall–Kier alpha value is -1.59. The summed E-state index contributed by atoms with van der Waals surface area (Å²) < 4.78 is 1.21. The lowest BCUT2D eigenvalue weighted by Crippen LogP contribution is -2.40. The van der Waals surface area contributed by atoms with Crippen LogP contribution in [0.15, 0.2) is 35.3 Å². The molecule has 0 amide bonds. The first-order valence-electron chi connectivity index (χ1n) is 7.31. The fraction of sp³-hybridized carbons (Fsp3) is 0.438. The van der Waals surface area contributed by atoms with E-state index in [0.717, 1.165) is 16.8 Å². The number of nitrogens with one attached hydrogen (secondary N) is 2. The fourth-order valence-electron chi connectivity index (χ4n) is 2.35. The maximum Gasteiger partial charge on any atom is 0.191 e. The zero-order valence-electron chi connectivity index (χ0n) is 12.3. The smallest absolute Gasteiger partial charge is 0.191 e. The van der Waals surface area contributed by atoms with Crippen LogP contribution in [0.4, 0.5) is 0 Å². The van der Waals surface area contributed by atoms with Crippen molar-refractivity contribution in [3.05, 3.63) is 35.2 Å². The summed E-state index contributed by atoms with van der Waals surface area (Å²) in [7, 11) is 1.76. The normalized spacial score (nSPS) is 23.1. The van der Waals surface area contributed by atoms with Crippen molar-refractivity contribution >= 4 is 27.4 Å². The number of hydrogen-bond acceptors (Lipinski definition) is 3. The Balaban J connectivity index is 1.58. The van der Waals surface area contributed by atoms with Crippen LogP contribution in [0.25, 0.3) is 10.1 Å². The molecule has 0 radical (unpaired) electrons. The number of aliphatic hydroxyl groups is 1. The van der Waals surface area contributed by atoms with Crippen LogP contribution in [0.5, 0.6) is 0 Å². The molecule has 3 atom stereocenters. The minimum atomic E-state index is -0.516. The van der Waals surface area contributed by atoms with Crippen LogP contribution in [-0.4, -0.2) is 30.7 Å². The molecule has 0 aliphatic heterocycles. The standard InChI is InChI=1S/C16H21N3OS/c1-10-7-12(10)19-16(17-2)18-9-13(20)15-8-11-5-3-4-6-14(11)21-15/h3-6,8,10,12-13,20H,7,9H2,1-2H3,(H2,17,18,19). The Morgan fingerprint density at radius 1 is 1.48 bits per heavy atom. The van der Waals surface area contributed by atoms with Crippen molar-refractivity contribution in [2.75, 3.05) is 13.6 Å². The summed E-state index contributed by atoms with van der Waals surface area (Å²) in [6.45, 7) is 2.69. The molecule has 0 spiro atoms. The van der Waals surface area contributed by atoms with Crippen molar-refractivity contribution in [2.24, 2.45) is 10.9 Å². The number of rotatable bonds is 4. The van der Waals surface area contributed by atoms with Gasteiger partial charge >= 0.3 is 0 Å². The summed E-state index contributed by atoms with van der Waals surface area (Å²) in [5, 5.41) is 18.1. The number of aliphatic hydroxyl groups excluding tert-OH is 1. The van der Waals surface area contributed by atoms with Gasteiger partial charge in [-0.25, -0.2) is 0 Å². The number of fused-ring (bicyclic) bond motifs is 1. The average Bonchev–Trinajstić information content (AvgIpc) is 3.02. The molecule has 0 bridgehead atoms. The molecule has 2 aromatic rings. The van der Waals surface area contributed by atoms with Crippen molar-refractivity contribution in [2.45, 2.75) is 25.5 Å². The van der Waals surface area contributed by atoms with Crippen molar-refractivity contribution < 1.29 is 5.11 Å². The van der Waals surface area contributed by atoms with E-state index in [4.69, 9.17) is 0 Å². The van der Waals surface area contributed by atoms with Gasteiger partial charge in [0.2, 0.25) is 0 Å². The molecule has 3 N–H and O–H groups in total. The number of thiophene rings is 1. The van der Waals surface area contributed by atoms with Gasteiger partial charge < -0.3 is 15.7 Å². The highest BCUT2D eigenvalue weighted by Crippen LogP contribution is 2.30. The molecule has 4 nitrogen and oxygen atoms in total. The third kappa shape index (κ3) is 3.36. The van der Waals surface area contributed by atoms with Gasteiger partial charge in [-0.05, 0) is 29.9 Å². The monoisotopic (exact) mass is 303 g/mol. The number of aliphatic imine (C=N–C) groups is 1. The summed E-state index contributed by atoms with van der Waals surface area (Å²) in [5.74, 6) is 1.49. The summed E-state index contributed by atoms with van der Waals surface area (Å²) >= 11 is 1.64. The quantitative estimate of drug-likeness (QED) is 0.601. The zero-order chi connectivity index (χ0) is 14.8. The summed E-state index contributed by atoms with van der Waals surface area (Å²) in [6.07, 6.45) is 0.678. The first kappa shape index (κ1) is 14.4. The molecule has 1 aliphatic carbocycles. The van der Waals surface area contributed by atoms with E-state index in [1.807, 2.05) is 12.1 Å². The van der Waals surface area contributed by atoms with E-state index in [1.165, 1.54) is 16.5 Å². The third-order valence-electron chi connectivity index (χ3n) is 3.89. The van der Waals surface area contributed by atoms with Gasteiger partial charge in [0.05, 0.1) is 0 Å². The lowest BCUT2D eigenvalue weighted by atomic mass is 10.2. The van der Waals surface area contributed by atoms with Gasteiger partial charge in [0.15, 0.2) is 5.96 Å². The van der Waals surface area contributed by atoms with Gasteiger partial charge in [0.1, 0.15) is 6.10 Å². The number of guanidine groups is 1. The number of benzene rings is 1. The molecular weight excluding hydrogens is 282 g/mol. The van der Waals surface area contributed by atoms with Crippen LogP contribution >= 0.6 is 11.3 Å². The first-order chi connectivity index (χ1) is 10.2. The Bertz CT molecular complexity index is 619.